The smallest absolute Gasteiger partial charge is 0.318 e. The molecule has 0 aromatic heterocycles. The van der Waals surface area contributed by atoms with Gasteiger partial charge in [-0.15, -0.1) is 0 Å². The molecule has 0 bridgehead atoms. The average Bonchev–Trinajstić information content (AvgIpc) is 3.12. The van der Waals surface area contributed by atoms with Crippen LogP contribution in [-0.4, -0.2) is 37.1 Å². The fraction of sp³-hybridized carbons (Fsp3) is 0.409. The van der Waals surface area contributed by atoms with Crippen LogP contribution in [0.15, 0.2) is 54.6 Å². The van der Waals surface area contributed by atoms with Crippen LogP contribution in [0.5, 0.6) is 0 Å². The first-order valence-electron chi connectivity index (χ1n) is 9.71. The largest absolute Gasteiger partial charge is 0.338 e. The molecule has 2 amide bonds. The predicted molar refractivity (Wildman–Crippen MR) is 102 cm³/mol. The van der Waals surface area contributed by atoms with Gasteiger partial charge in [0.25, 0.3) is 0 Å². The predicted octanol–water partition coefficient (Wildman–Crippen LogP) is 2.81. The SMILES string of the molecule is O=C(NCC1C2CNCC21)N1CCc2ccccc2C1c1ccccc1. The first-order chi connectivity index (χ1) is 12.8. The van der Waals surface area contributed by atoms with Crippen molar-refractivity contribution < 1.29 is 4.79 Å². The van der Waals surface area contributed by atoms with Gasteiger partial charge in [-0.05, 0) is 54.0 Å². The van der Waals surface area contributed by atoms with Crippen molar-refractivity contribution in [3.63, 3.8) is 0 Å². The summed E-state index contributed by atoms with van der Waals surface area (Å²) in [7, 11) is 0. The molecule has 4 heteroatoms. The van der Waals surface area contributed by atoms with E-state index in [0.717, 1.165) is 44.4 Å². The maximum atomic E-state index is 13.0. The monoisotopic (exact) mass is 347 g/mol. The zero-order valence-corrected chi connectivity index (χ0v) is 14.9. The van der Waals surface area contributed by atoms with Crippen molar-refractivity contribution in [2.24, 2.45) is 17.8 Å². The molecule has 1 saturated carbocycles. The second kappa shape index (κ2) is 6.44. The second-order valence-electron chi connectivity index (χ2n) is 7.79. The maximum Gasteiger partial charge on any atom is 0.318 e. The Morgan fingerprint density at radius 2 is 1.77 bits per heavy atom. The van der Waals surface area contributed by atoms with Crippen LogP contribution >= 0.6 is 0 Å². The van der Waals surface area contributed by atoms with E-state index in [-0.39, 0.29) is 12.1 Å². The highest BCUT2D eigenvalue weighted by atomic mass is 16.2. The van der Waals surface area contributed by atoms with Crippen molar-refractivity contribution in [1.29, 1.82) is 0 Å². The van der Waals surface area contributed by atoms with Gasteiger partial charge in [-0.2, -0.15) is 0 Å². The van der Waals surface area contributed by atoms with E-state index in [1.54, 1.807) is 0 Å². The highest BCUT2D eigenvalue weighted by Gasteiger charge is 2.52. The van der Waals surface area contributed by atoms with Crippen LogP contribution in [0.3, 0.4) is 0 Å². The number of hydrogen-bond acceptors (Lipinski definition) is 2. The van der Waals surface area contributed by atoms with Crippen LogP contribution in [0.4, 0.5) is 4.79 Å². The van der Waals surface area contributed by atoms with Crippen molar-refractivity contribution >= 4 is 6.03 Å². The minimum Gasteiger partial charge on any atom is -0.338 e. The van der Waals surface area contributed by atoms with Gasteiger partial charge in [-0.1, -0.05) is 54.6 Å². The maximum absolute atomic E-state index is 13.0. The molecular weight excluding hydrogens is 322 g/mol. The average molecular weight is 347 g/mol. The zero-order valence-electron chi connectivity index (χ0n) is 14.9. The molecule has 2 aliphatic heterocycles. The van der Waals surface area contributed by atoms with Crippen molar-refractivity contribution in [1.82, 2.24) is 15.5 Å². The number of nitrogens with zero attached hydrogens (tertiary/aromatic N) is 1. The van der Waals surface area contributed by atoms with Gasteiger partial charge < -0.3 is 15.5 Å². The lowest BCUT2D eigenvalue weighted by atomic mass is 9.88. The third-order valence-electron chi connectivity index (χ3n) is 6.42. The van der Waals surface area contributed by atoms with Crippen molar-refractivity contribution in [2.45, 2.75) is 12.5 Å². The molecule has 1 saturated heterocycles. The van der Waals surface area contributed by atoms with E-state index in [0.29, 0.717) is 5.92 Å². The number of rotatable bonds is 3. The number of nitrogens with one attached hydrogen (secondary N) is 2. The number of amides is 2. The Morgan fingerprint density at radius 3 is 2.58 bits per heavy atom. The molecule has 2 aromatic rings. The van der Waals surface area contributed by atoms with Crippen LogP contribution in [0, 0.1) is 17.8 Å². The normalized spacial score (nSPS) is 29.0. The van der Waals surface area contributed by atoms with E-state index in [9.17, 15) is 4.79 Å². The van der Waals surface area contributed by atoms with Crippen LogP contribution in [-0.2, 0) is 6.42 Å². The van der Waals surface area contributed by atoms with Crippen LogP contribution in [0.2, 0.25) is 0 Å². The number of piperidine rings is 1. The summed E-state index contributed by atoms with van der Waals surface area (Å²) in [5.74, 6) is 2.23. The van der Waals surface area contributed by atoms with Crippen molar-refractivity contribution in [3.05, 3.63) is 71.3 Å². The third-order valence-corrected chi connectivity index (χ3v) is 6.42. The van der Waals surface area contributed by atoms with Gasteiger partial charge >= 0.3 is 6.03 Å². The van der Waals surface area contributed by atoms with E-state index in [2.05, 4.69) is 59.2 Å². The Morgan fingerprint density at radius 1 is 1.04 bits per heavy atom. The summed E-state index contributed by atoms with van der Waals surface area (Å²) in [4.78, 5) is 15.1. The minimum absolute atomic E-state index is 0.00141. The summed E-state index contributed by atoms with van der Waals surface area (Å²) >= 11 is 0. The minimum atomic E-state index is 0.00141. The van der Waals surface area contributed by atoms with Crippen LogP contribution in [0.1, 0.15) is 22.7 Å². The summed E-state index contributed by atoms with van der Waals surface area (Å²) in [6, 6.07) is 19.0. The number of urea groups is 1. The van der Waals surface area contributed by atoms with Gasteiger partial charge in [0, 0.05) is 13.1 Å². The summed E-state index contributed by atoms with van der Waals surface area (Å²) in [6.07, 6.45) is 0.922. The Balaban J connectivity index is 1.37. The molecule has 3 atom stereocenters. The van der Waals surface area contributed by atoms with Gasteiger partial charge in [-0.25, -0.2) is 4.79 Å². The van der Waals surface area contributed by atoms with E-state index in [4.69, 9.17) is 0 Å². The van der Waals surface area contributed by atoms with Gasteiger partial charge in [0.05, 0.1) is 6.04 Å². The molecule has 2 N–H and O–H groups in total. The van der Waals surface area contributed by atoms with Gasteiger partial charge in [-0.3, -0.25) is 0 Å². The fourth-order valence-electron chi connectivity index (χ4n) is 4.94. The number of benzene rings is 2. The number of fused-ring (bicyclic) bond motifs is 2. The summed E-state index contributed by atoms with van der Waals surface area (Å²) in [5.41, 5.74) is 3.79. The van der Waals surface area contributed by atoms with Gasteiger partial charge in [0.1, 0.15) is 0 Å². The molecule has 2 fully saturated rings. The lowest BCUT2D eigenvalue weighted by Gasteiger charge is -2.37. The lowest BCUT2D eigenvalue weighted by Crippen LogP contribution is -2.46. The van der Waals surface area contributed by atoms with E-state index >= 15 is 0 Å². The number of carbonyl (C=O) groups is 1. The number of hydrogen-bond donors (Lipinski definition) is 2. The van der Waals surface area contributed by atoms with Crippen LogP contribution in [0.25, 0.3) is 0 Å². The first-order valence-corrected chi connectivity index (χ1v) is 9.71. The second-order valence-corrected chi connectivity index (χ2v) is 7.79. The highest BCUT2D eigenvalue weighted by molar-refractivity contribution is 5.76. The molecule has 3 aliphatic rings. The first kappa shape index (κ1) is 15.9. The molecule has 0 spiro atoms. The van der Waals surface area contributed by atoms with Crippen molar-refractivity contribution in [2.75, 3.05) is 26.2 Å². The topological polar surface area (TPSA) is 44.4 Å². The molecule has 1 aliphatic carbocycles. The molecule has 2 aromatic carbocycles. The summed E-state index contributed by atoms with van der Waals surface area (Å²) < 4.78 is 0. The summed E-state index contributed by atoms with van der Waals surface area (Å²) in [5, 5.41) is 6.65. The van der Waals surface area contributed by atoms with E-state index in [1.807, 2.05) is 11.0 Å². The lowest BCUT2D eigenvalue weighted by molar-refractivity contribution is 0.179. The molecule has 2 heterocycles. The Bertz CT molecular complexity index is 796. The fourth-order valence-corrected chi connectivity index (χ4v) is 4.94. The molecule has 4 nitrogen and oxygen atoms in total. The third kappa shape index (κ3) is 2.69. The van der Waals surface area contributed by atoms with Gasteiger partial charge in [0.15, 0.2) is 0 Å². The van der Waals surface area contributed by atoms with Crippen LogP contribution < -0.4 is 10.6 Å². The Hall–Kier alpha value is -2.33. The molecule has 5 rings (SSSR count). The van der Waals surface area contributed by atoms with Gasteiger partial charge in [0.2, 0.25) is 0 Å². The molecule has 3 unspecified atom stereocenters. The summed E-state index contributed by atoms with van der Waals surface area (Å²) in [6.45, 7) is 3.82. The quantitative estimate of drug-likeness (QED) is 0.897. The number of carbonyl (C=O) groups excluding carboxylic acids is 1. The Labute approximate surface area is 154 Å². The molecule has 0 radical (unpaired) electrons. The van der Waals surface area contributed by atoms with E-state index < -0.39 is 0 Å². The molecule has 26 heavy (non-hydrogen) atoms. The Kier molecular flexibility index (Phi) is 3.93. The molecule has 134 valence electrons. The van der Waals surface area contributed by atoms with E-state index in [1.165, 1.54) is 16.7 Å². The highest BCUT2D eigenvalue weighted by Crippen LogP contribution is 2.48. The molecular formula is C22H25N3O. The zero-order chi connectivity index (χ0) is 17.5. The standard InChI is InChI=1S/C22H25N3O/c26-22(24-14-20-18-12-23-13-19(18)20)25-11-10-15-6-4-5-9-17(15)21(25)16-7-2-1-3-8-16/h1-9,18-21,23H,10-14H2,(H,24,26). The van der Waals surface area contributed by atoms with Crippen molar-refractivity contribution in [3.8, 4) is 0 Å².